The van der Waals surface area contributed by atoms with Gasteiger partial charge < -0.3 is 9.80 Å². The maximum atomic E-state index is 2.36. The van der Waals surface area contributed by atoms with E-state index in [0.29, 0.717) is 0 Å². The highest BCUT2D eigenvalue weighted by Crippen LogP contribution is 2.41. The first-order valence-electron chi connectivity index (χ1n) is 20.8. The van der Waals surface area contributed by atoms with Crippen LogP contribution >= 0.6 is 0 Å². The summed E-state index contributed by atoms with van der Waals surface area (Å²) >= 11 is 0. The molecule has 0 N–H and O–H groups in total. The highest BCUT2D eigenvalue weighted by Gasteiger charge is 2.20. The van der Waals surface area contributed by atoms with Gasteiger partial charge in [0.1, 0.15) is 0 Å². The molecule has 0 unspecified atom stereocenters. The van der Waals surface area contributed by atoms with Gasteiger partial charge in [0.2, 0.25) is 0 Å². The lowest BCUT2D eigenvalue weighted by molar-refractivity contribution is 1.11. The number of hydrogen-bond acceptors (Lipinski definition) is 2. The van der Waals surface area contributed by atoms with E-state index < -0.39 is 0 Å². The molecule has 0 heterocycles. The van der Waals surface area contributed by atoms with Crippen molar-refractivity contribution in [1.82, 2.24) is 0 Å². The Bertz CT molecular complexity index is 3050. The molecule has 0 spiro atoms. The van der Waals surface area contributed by atoms with Crippen LogP contribution in [0.2, 0.25) is 0 Å². The third kappa shape index (κ3) is 7.43. The van der Waals surface area contributed by atoms with Crippen molar-refractivity contribution in [3.05, 3.63) is 263 Å². The van der Waals surface area contributed by atoms with E-state index in [2.05, 4.69) is 252 Å². The molecule has 0 saturated heterocycles. The summed E-state index contributed by atoms with van der Waals surface area (Å²) in [5, 5.41) is 5.06. The summed E-state index contributed by atoms with van der Waals surface area (Å²) in [6.45, 7) is 0. The Morgan fingerprint density at radius 3 is 1.15 bits per heavy atom. The average molecular weight is 769 g/mol. The van der Waals surface area contributed by atoms with E-state index in [4.69, 9.17) is 0 Å². The minimum Gasteiger partial charge on any atom is -0.310 e. The molecule has 1 aliphatic carbocycles. The molecule has 0 aromatic heterocycles. The van der Waals surface area contributed by atoms with Crippen molar-refractivity contribution in [1.29, 1.82) is 0 Å². The Morgan fingerprint density at radius 2 is 0.633 bits per heavy atom. The minimum absolute atomic E-state index is 1.08. The van der Waals surface area contributed by atoms with Crippen LogP contribution in [0.15, 0.2) is 231 Å². The molecule has 0 bridgehead atoms. The average Bonchev–Trinajstić information content (AvgIpc) is 3.33. The number of benzene rings is 9. The summed E-state index contributed by atoms with van der Waals surface area (Å²) in [7, 11) is 0. The van der Waals surface area contributed by atoms with Crippen LogP contribution in [0.3, 0.4) is 0 Å². The molecule has 2 nitrogen and oxygen atoms in total. The fourth-order valence-corrected chi connectivity index (χ4v) is 8.58. The van der Waals surface area contributed by atoms with Crippen LogP contribution in [0.1, 0.15) is 35.1 Å². The second-order valence-corrected chi connectivity index (χ2v) is 15.2. The standard InChI is InChI=1S/C58H44N2/c1-5-19-45(20-6-1)57(47-31-35-53(36-32-47)59(51-25-9-3-10-26-51)55-39-29-43-17-13-15-23-49(43)41-55)58(46-21-7-2-8-22-46)48-33-37-54(38-34-48)60(52-27-11-4-12-28-52)56-40-30-44-18-14-16-24-50(44)42-56/h1-13,15,17-42H,14,16H2/b58-57+. The Hall–Kier alpha value is -7.68. The molecule has 286 valence electrons. The summed E-state index contributed by atoms with van der Waals surface area (Å²) in [5.74, 6) is 0. The fourth-order valence-electron chi connectivity index (χ4n) is 8.58. The second-order valence-electron chi connectivity index (χ2n) is 15.2. The third-order valence-corrected chi connectivity index (χ3v) is 11.4. The first kappa shape index (κ1) is 36.6. The van der Waals surface area contributed by atoms with Crippen molar-refractivity contribution >= 4 is 68.2 Å². The fraction of sp³-hybridized carbons (Fsp3) is 0.0345. The van der Waals surface area contributed by atoms with Gasteiger partial charge in [0.05, 0.1) is 0 Å². The minimum atomic E-state index is 1.08. The Balaban J connectivity index is 1.11. The summed E-state index contributed by atoms with van der Waals surface area (Å²) in [6.07, 6.45) is 6.88. The molecule has 0 saturated carbocycles. The molecule has 60 heavy (non-hydrogen) atoms. The van der Waals surface area contributed by atoms with E-state index >= 15 is 0 Å². The molecule has 9 aromatic rings. The highest BCUT2D eigenvalue weighted by molar-refractivity contribution is 6.05. The number of para-hydroxylation sites is 2. The maximum absolute atomic E-state index is 2.36. The van der Waals surface area contributed by atoms with Crippen LogP contribution in [0.5, 0.6) is 0 Å². The highest BCUT2D eigenvalue weighted by atomic mass is 15.1. The number of anilines is 6. The van der Waals surface area contributed by atoms with E-state index in [-0.39, 0.29) is 0 Å². The first-order valence-corrected chi connectivity index (χ1v) is 20.8. The van der Waals surface area contributed by atoms with Gasteiger partial charge >= 0.3 is 0 Å². The van der Waals surface area contributed by atoms with E-state index in [9.17, 15) is 0 Å². The van der Waals surface area contributed by atoms with Gasteiger partial charge in [0.15, 0.2) is 0 Å². The topological polar surface area (TPSA) is 6.48 Å². The van der Waals surface area contributed by atoms with Gasteiger partial charge in [-0.2, -0.15) is 0 Å². The predicted octanol–water partition coefficient (Wildman–Crippen LogP) is 14.1. The zero-order valence-electron chi connectivity index (χ0n) is 33.4. The van der Waals surface area contributed by atoms with Crippen LogP contribution in [-0.2, 0) is 0 Å². The lowest BCUT2D eigenvalue weighted by Gasteiger charge is -2.27. The first-order chi connectivity index (χ1) is 29.8. The van der Waals surface area contributed by atoms with Crippen LogP contribution in [0.25, 0.3) is 34.1 Å². The Morgan fingerprint density at radius 1 is 0.267 bits per heavy atom. The normalized spacial score (nSPS) is 12.4. The monoisotopic (exact) mass is 768 g/mol. The Labute approximate surface area is 352 Å². The van der Waals surface area contributed by atoms with Crippen molar-refractivity contribution in [2.75, 3.05) is 9.80 Å². The molecule has 1 aliphatic rings. The number of nitrogens with zero attached hydrogens (tertiary/aromatic N) is 2. The van der Waals surface area contributed by atoms with Gasteiger partial charge in [0, 0.05) is 34.1 Å². The van der Waals surface area contributed by atoms with Gasteiger partial charge in [-0.25, -0.2) is 0 Å². The van der Waals surface area contributed by atoms with E-state index in [1.54, 1.807) is 0 Å². The molecule has 0 aliphatic heterocycles. The summed E-state index contributed by atoms with van der Waals surface area (Å²) in [6, 6.07) is 83.3. The van der Waals surface area contributed by atoms with Gasteiger partial charge in [0.25, 0.3) is 0 Å². The van der Waals surface area contributed by atoms with Crippen molar-refractivity contribution in [3.63, 3.8) is 0 Å². The maximum Gasteiger partial charge on any atom is 0.0468 e. The summed E-state index contributed by atoms with van der Waals surface area (Å²) in [5.41, 5.74) is 13.7. The van der Waals surface area contributed by atoms with Crippen molar-refractivity contribution in [2.45, 2.75) is 12.8 Å². The molecule has 0 atom stereocenters. The second kappa shape index (κ2) is 16.7. The molecular formula is C58H44N2. The largest absolute Gasteiger partial charge is 0.310 e. The lowest BCUT2D eigenvalue weighted by Crippen LogP contribution is -2.27. The van der Waals surface area contributed by atoms with E-state index in [1.165, 1.54) is 32.4 Å². The van der Waals surface area contributed by atoms with Gasteiger partial charge in [-0.1, -0.05) is 170 Å². The number of rotatable bonds is 10. The van der Waals surface area contributed by atoms with Gasteiger partial charge in [-0.15, -0.1) is 0 Å². The smallest absolute Gasteiger partial charge is 0.0468 e. The summed E-state index contributed by atoms with van der Waals surface area (Å²) < 4.78 is 0. The van der Waals surface area contributed by atoms with Gasteiger partial charge in [-0.3, -0.25) is 0 Å². The SMILES string of the molecule is C1=c2ccc(N(c3ccccc3)c3ccc(/C(=C(\c4ccccc4)c4ccc(N(c5ccccc5)c5ccc6ccccc6c5)cc4)c4ccccc4)cc3)cc2=CCC1. The van der Waals surface area contributed by atoms with Crippen LogP contribution < -0.4 is 20.2 Å². The summed E-state index contributed by atoms with van der Waals surface area (Å²) in [4.78, 5) is 4.71. The van der Waals surface area contributed by atoms with Crippen molar-refractivity contribution in [3.8, 4) is 0 Å². The molecule has 9 aromatic carbocycles. The third-order valence-electron chi connectivity index (χ3n) is 11.4. The molecule has 10 rings (SSSR count). The molecule has 0 fully saturated rings. The van der Waals surface area contributed by atoms with Crippen molar-refractivity contribution < 1.29 is 0 Å². The van der Waals surface area contributed by atoms with E-state index in [0.717, 1.165) is 69.2 Å². The van der Waals surface area contributed by atoms with Crippen LogP contribution in [0.4, 0.5) is 34.1 Å². The molecule has 2 heteroatoms. The quantitative estimate of drug-likeness (QED) is 0.128. The molecule has 0 radical (unpaired) electrons. The van der Waals surface area contributed by atoms with E-state index in [1.807, 2.05) is 0 Å². The van der Waals surface area contributed by atoms with Crippen LogP contribution in [0, 0.1) is 0 Å². The van der Waals surface area contributed by atoms with Crippen LogP contribution in [-0.4, -0.2) is 0 Å². The predicted molar refractivity (Wildman–Crippen MR) is 255 cm³/mol. The lowest BCUT2D eigenvalue weighted by atomic mass is 9.85. The number of fused-ring (bicyclic) bond motifs is 2. The zero-order valence-corrected chi connectivity index (χ0v) is 33.4. The molecular weight excluding hydrogens is 725 g/mol. The Kier molecular flexibility index (Phi) is 10.2. The van der Waals surface area contributed by atoms with Crippen molar-refractivity contribution in [2.24, 2.45) is 0 Å². The zero-order chi connectivity index (χ0) is 40.1. The number of hydrogen-bond donors (Lipinski definition) is 0. The molecule has 0 amide bonds. The van der Waals surface area contributed by atoms with Gasteiger partial charge in [-0.05, 0) is 140 Å².